The van der Waals surface area contributed by atoms with Crippen LogP contribution >= 0.6 is 0 Å². The highest BCUT2D eigenvalue weighted by Gasteiger charge is 2.69. The molecule has 1 spiro atoms. The summed E-state index contributed by atoms with van der Waals surface area (Å²) in [5, 5.41) is 3.22. The zero-order chi connectivity index (χ0) is 27.0. The fourth-order valence-electron chi connectivity index (χ4n) is 11.0. The van der Waals surface area contributed by atoms with E-state index in [-0.39, 0.29) is 30.1 Å². The van der Waals surface area contributed by atoms with Crippen molar-refractivity contribution in [3.05, 3.63) is 0 Å². The van der Waals surface area contributed by atoms with E-state index in [1.165, 1.54) is 49.8 Å². The molecule has 0 aromatic rings. The number of rotatable bonds is 3. The van der Waals surface area contributed by atoms with Crippen molar-refractivity contribution in [3.8, 4) is 0 Å². The van der Waals surface area contributed by atoms with Crippen LogP contribution in [0.25, 0.3) is 0 Å². The molecule has 6 aliphatic rings. The van der Waals surface area contributed by atoms with Crippen LogP contribution in [0.15, 0.2) is 0 Å². The SMILES string of the molecule is C[C@H]1CC[C@@]2(OC1)O[C@H]1C[C@H]3[C@@H]4CC[C@@H]5C[C@H](NC(=O)CC(=O)N(C)C)CC[C@]5(C)[C@H]4CC[C@]3(C)[C@H]1[C@@H]2C. The first-order valence-corrected chi connectivity index (χ1v) is 15.8. The summed E-state index contributed by atoms with van der Waals surface area (Å²) < 4.78 is 13.4. The number of nitrogens with zero attached hydrogens (tertiary/aromatic N) is 1. The van der Waals surface area contributed by atoms with Crippen molar-refractivity contribution in [1.29, 1.82) is 0 Å². The van der Waals surface area contributed by atoms with E-state index in [2.05, 4.69) is 33.0 Å². The van der Waals surface area contributed by atoms with E-state index >= 15 is 0 Å². The zero-order valence-corrected chi connectivity index (χ0v) is 24.8. The van der Waals surface area contributed by atoms with Gasteiger partial charge >= 0.3 is 0 Å². The van der Waals surface area contributed by atoms with Gasteiger partial charge in [0.1, 0.15) is 6.42 Å². The predicted octanol–water partition coefficient (Wildman–Crippen LogP) is 5.40. The Morgan fingerprint density at radius 2 is 1.68 bits per heavy atom. The molecule has 0 unspecified atom stereocenters. The monoisotopic (exact) mass is 528 g/mol. The predicted molar refractivity (Wildman–Crippen MR) is 147 cm³/mol. The number of fused-ring (bicyclic) bond motifs is 7. The zero-order valence-electron chi connectivity index (χ0n) is 24.8. The number of hydrogen-bond donors (Lipinski definition) is 1. The second-order valence-corrected chi connectivity index (χ2v) is 15.2. The normalized spacial score (nSPS) is 51.5. The number of ether oxygens (including phenoxy) is 2. The van der Waals surface area contributed by atoms with Crippen LogP contribution in [0.4, 0.5) is 0 Å². The van der Waals surface area contributed by atoms with E-state index in [0.717, 1.165) is 43.6 Å². The summed E-state index contributed by atoms with van der Waals surface area (Å²) in [6, 6.07) is 0.218. The van der Waals surface area contributed by atoms with E-state index in [1.54, 1.807) is 14.1 Å². The number of nitrogens with one attached hydrogen (secondary N) is 1. The van der Waals surface area contributed by atoms with Crippen LogP contribution in [0.5, 0.6) is 0 Å². The molecule has 214 valence electrons. The van der Waals surface area contributed by atoms with E-state index in [4.69, 9.17) is 9.47 Å². The van der Waals surface area contributed by atoms with Crippen molar-refractivity contribution in [2.45, 2.75) is 116 Å². The Morgan fingerprint density at radius 1 is 0.921 bits per heavy atom. The molecule has 6 rings (SSSR count). The van der Waals surface area contributed by atoms with Gasteiger partial charge in [0.15, 0.2) is 5.79 Å². The lowest BCUT2D eigenvalue weighted by Gasteiger charge is -2.61. The number of hydrogen-bond acceptors (Lipinski definition) is 4. The summed E-state index contributed by atoms with van der Waals surface area (Å²) in [7, 11) is 3.42. The van der Waals surface area contributed by atoms with Gasteiger partial charge in [0.05, 0.1) is 12.7 Å². The van der Waals surface area contributed by atoms with Crippen molar-refractivity contribution >= 4 is 11.8 Å². The number of carbonyl (C=O) groups excluding carboxylic acids is 2. The smallest absolute Gasteiger partial charge is 0.231 e. The van der Waals surface area contributed by atoms with E-state index in [1.807, 2.05) is 0 Å². The lowest BCUT2D eigenvalue weighted by molar-refractivity contribution is -0.273. The fourth-order valence-corrected chi connectivity index (χ4v) is 11.0. The first kappa shape index (κ1) is 27.1. The van der Waals surface area contributed by atoms with Crippen molar-refractivity contribution in [3.63, 3.8) is 0 Å². The Kier molecular flexibility index (Phi) is 6.74. The Labute approximate surface area is 230 Å². The minimum Gasteiger partial charge on any atom is -0.353 e. The maximum absolute atomic E-state index is 12.5. The lowest BCUT2D eigenvalue weighted by atomic mass is 9.44. The minimum atomic E-state index is -0.323. The van der Waals surface area contributed by atoms with Crippen LogP contribution in [0.2, 0.25) is 0 Å². The van der Waals surface area contributed by atoms with Gasteiger partial charge in [-0.3, -0.25) is 9.59 Å². The molecule has 0 radical (unpaired) electrons. The maximum Gasteiger partial charge on any atom is 0.231 e. The Hall–Kier alpha value is -1.14. The third kappa shape index (κ3) is 4.09. The summed E-state index contributed by atoms with van der Waals surface area (Å²) in [5.41, 5.74) is 0.744. The highest BCUT2D eigenvalue weighted by molar-refractivity contribution is 5.96. The molecule has 4 saturated carbocycles. The molecule has 0 aromatic heterocycles. The molecule has 6 nitrogen and oxygen atoms in total. The second kappa shape index (κ2) is 9.46. The Balaban J connectivity index is 1.12. The van der Waals surface area contributed by atoms with Gasteiger partial charge < -0.3 is 19.7 Å². The molecule has 0 aromatic carbocycles. The standard InChI is InChI=1S/C32H52N2O4/c1-19-9-14-32(37-18-19)20(2)29-26(38-32)16-25-23-8-7-21-15-22(33-27(35)17-28(36)34(5)6)10-12-30(21,3)24(23)11-13-31(25,29)4/h19-26,29H,7-18H2,1-6H3,(H,33,35)/t19-,20-,21+,22+,23+,24-,25-,26-,29-,30-,31-,32+/m0/s1. The van der Waals surface area contributed by atoms with Gasteiger partial charge in [0.25, 0.3) is 0 Å². The first-order chi connectivity index (χ1) is 18.0. The molecule has 1 N–H and O–H groups in total. The van der Waals surface area contributed by atoms with E-state index < -0.39 is 0 Å². The molecule has 6 heteroatoms. The van der Waals surface area contributed by atoms with Crippen molar-refractivity contribution < 1.29 is 19.1 Å². The van der Waals surface area contributed by atoms with Gasteiger partial charge in [-0.15, -0.1) is 0 Å². The minimum absolute atomic E-state index is 0.0371. The molecule has 12 atom stereocenters. The highest BCUT2D eigenvalue weighted by Crippen LogP contribution is 2.71. The van der Waals surface area contributed by atoms with Crippen LogP contribution in [0, 0.1) is 52.3 Å². The molecule has 6 fully saturated rings. The molecular formula is C32H52N2O4. The van der Waals surface area contributed by atoms with Crippen LogP contribution in [0.3, 0.4) is 0 Å². The topological polar surface area (TPSA) is 67.9 Å². The molecule has 2 saturated heterocycles. The molecular weight excluding hydrogens is 476 g/mol. The summed E-state index contributed by atoms with van der Waals surface area (Å²) in [5.74, 6) is 4.25. The number of amides is 2. The molecule has 2 heterocycles. The average molecular weight is 529 g/mol. The van der Waals surface area contributed by atoms with Crippen LogP contribution < -0.4 is 5.32 Å². The summed E-state index contributed by atoms with van der Waals surface area (Å²) in [6.45, 7) is 10.8. The maximum atomic E-state index is 12.5. The molecule has 2 amide bonds. The molecule has 4 aliphatic carbocycles. The Bertz CT molecular complexity index is 944. The fraction of sp³-hybridized carbons (Fsp3) is 0.938. The molecule has 0 bridgehead atoms. The first-order valence-electron chi connectivity index (χ1n) is 15.8. The van der Waals surface area contributed by atoms with E-state index in [9.17, 15) is 9.59 Å². The van der Waals surface area contributed by atoms with Crippen LogP contribution in [-0.2, 0) is 19.1 Å². The summed E-state index contributed by atoms with van der Waals surface area (Å²) >= 11 is 0. The van der Waals surface area contributed by atoms with Crippen LogP contribution in [0.1, 0.15) is 98.3 Å². The largest absolute Gasteiger partial charge is 0.353 e. The summed E-state index contributed by atoms with van der Waals surface area (Å²) in [6.07, 6.45) is 12.5. The summed E-state index contributed by atoms with van der Waals surface area (Å²) in [4.78, 5) is 26.0. The molecule has 2 aliphatic heterocycles. The second-order valence-electron chi connectivity index (χ2n) is 15.2. The van der Waals surface area contributed by atoms with Gasteiger partial charge in [-0.05, 0) is 104 Å². The quantitative estimate of drug-likeness (QED) is 0.499. The van der Waals surface area contributed by atoms with Crippen molar-refractivity contribution in [2.24, 2.45) is 52.3 Å². The van der Waals surface area contributed by atoms with Gasteiger partial charge in [-0.25, -0.2) is 0 Å². The highest BCUT2D eigenvalue weighted by atomic mass is 16.7. The van der Waals surface area contributed by atoms with Gasteiger partial charge in [-0.1, -0.05) is 27.7 Å². The Morgan fingerprint density at radius 3 is 2.39 bits per heavy atom. The van der Waals surface area contributed by atoms with Gasteiger partial charge in [-0.2, -0.15) is 0 Å². The average Bonchev–Trinajstić information content (AvgIpc) is 3.31. The third-order valence-electron chi connectivity index (χ3n) is 13.1. The number of carbonyl (C=O) groups is 2. The third-order valence-corrected chi connectivity index (χ3v) is 13.1. The van der Waals surface area contributed by atoms with Gasteiger partial charge in [0.2, 0.25) is 11.8 Å². The van der Waals surface area contributed by atoms with Crippen molar-refractivity contribution in [2.75, 3.05) is 20.7 Å². The lowest BCUT2D eigenvalue weighted by Crippen LogP contribution is -2.56. The van der Waals surface area contributed by atoms with E-state index in [0.29, 0.717) is 40.6 Å². The van der Waals surface area contributed by atoms with Crippen molar-refractivity contribution in [1.82, 2.24) is 10.2 Å². The van der Waals surface area contributed by atoms with Crippen LogP contribution in [-0.4, -0.2) is 55.3 Å². The van der Waals surface area contributed by atoms with Gasteiger partial charge in [0, 0.05) is 32.5 Å². The molecule has 38 heavy (non-hydrogen) atoms.